The van der Waals surface area contributed by atoms with Crippen LogP contribution in [0.1, 0.15) is 26.3 Å². The van der Waals surface area contributed by atoms with Crippen molar-refractivity contribution in [1.29, 1.82) is 5.41 Å². The molecule has 0 aliphatic rings. The van der Waals surface area contributed by atoms with Gasteiger partial charge in [0.2, 0.25) is 0 Å². The molecule has 0 heterocycles. The minimum Gasteiger partial charge on any atom is -0.384 e. The number of thioether (sulfide) groups is 1. The molecule has 0 bridgehead atoms. The van der Waals surface area contributed by atoms with Crippen LogP contribution in [0.4, 0.5) is 0 Å². The largest absolute Gasteiger partial charge is 0.384 e. The Bertz CT molecular complexity index is 605. The van der Waals surface area contributed by atoms with Crippen LogP contribution in [0.5, 0.6) is 0 Å². The number of nitrogens with one attached hydrogen (secondary N) is 1. The first-order valence-electron chi connectivity index (χ1n) is 6.53. The Balaban J connectivity index is 2.53. The first-order chi connectivity index (χ1) is 9.00. The van der Waals surface area contributed by atoms with Gasteiger partial charge in [0.15, 0.2) is 0 Å². The quantitative estimate of drug-likeness (QED) is 0.496. The van der Waals surface area contributed by atoms with Crippen LogP contribution in [0.25, 0.3) is 10.8 Å². The highest BCUT2D eigenvalue weighted by Gasteiger charge is 2.13. The van der Waals surface area contributed by atoms with Gasteiger partial charge in [0.05, 0.1) is 0 Å². The number of amidine groups is 1. The number of nitrogen functional groups attached to an aromatic ring is 1. The fourth-order valence-corrected chi connectivity index (χ4v) is 3.07. The Kier molecular flexibility index (Phi) is 4.15. The lowest BCUT2D eigenvalue weighted by atomic mass is 10.0. The van der Waals surface area contributed by atoms with Crippen LogP contribution in [0.2, 0.25) is 0 Å². The Morgan fingerprint density at radius 2 is 1.68 bits per heavy atom. The van der Waals surface area contributed by atoms with Gasteiger partial charge in [-0.3, -0.25) is 5.41 Å². The van der Waals surface area contributed by atoms with Gasteiger partial charge in [-0.1, -0.05) is 45.0 Å². The highest BCUT2D eigenvalue weighted by Crippen LogP contribution is 2.34. The zero-order valence-electron chi connectivity index (χ0n) is 11.6. The zero-order chi connectivity index (χ0) is 14.0. The Morgan fingerprint density at radius 3 is 2.26 bits per heavy atom. The fourth-order valence-electron chi connectivity index (χ4n) is 1.95. The summed E-state index contributed by atoms with van der Waals surface area (Å²) in [4.78, 5) is 1.27. The van der Waals surface area contributed by atoms with Gasteiger partial charge >= 0.3 is 0 Å². The standard InChI is InChI=1S/C16H20N2S/c1-10(2)11(3)19-15-9-8-14(16(17)18)12-6-4-5-7-13(12)15/h4-11H,1-3H3,(H3,17,18). The van der Waals surface area contributed by atoms with E-state index >= 15 is 0 Å². The second kappa shape index (κ2) is 5.66. The van der Waals surface area contributed by atoms with Crippen LogP contribution in [0, 0.1) is 11.3 Å². The number of hydrogen-bond donors (Lipinski definition) is 2. The molecule has 2 aromatic rings. The van der Waals surface area contributed by atoms with E-state index in [1.165, 1.54) is 10.3 Å². The maximum Gasteiger partial charge on any atom is 0.123 e. The number of benzene rings is 2. The topological polar surface area (TPSA) is 49.9 Å². The second-order valence-corrected chi connectivity index (χ2v) is 6.56. The zero-order valence-corrected chi connectivity index (χ0v) is 12.4. The number of rotatable bonds is 4. The molecule has 1 unspecified atom stereocenters. The molecule has 0 saturated heterocycles. The van der Waals surface area contributed by atoms with Crippen molar-refractivity contribution in [2.75, 3.05) is 0 Å². The summed E-state index contributed by atoms with van der Waals surface area (Å²) < 4.78 is 0. The smallest absolute Gasteiger partial charge is 0.123 e. The summed E-state index contributed by atoms with van der Waals surface area (Å²) in [7, 11) is 0. The minimum absolute atomic E-state index is 0.129. The first-order valence-corrected chi connectivity index (χ1v) is 7.41. The summed E-state index contributed by atoms with van der Waals surface area (Å²) in [5.41, 5.74) is 6.47. The van der Waals surface area contributed by atoms with Gasteiger partial charge in [0, 0.05) is 15.7 Å². The van der Waals surface area contributed by atoms with E-state index < -0.39 is 0 Å². The molecule has 0 saturated carbocycles. The SMILES string of the molecule is CC(C)C(C)Sc1ccc(C(=N)N)c2ccccc12. The van der Waals surface area contributed by atoms with Crippen molar-refractivity contribution < 1.29 is 0 Å². The van der Waals surface area contributed by atoms with Crippen LogP contribution >= 0.6 is 11.8 Å². The van der Waals surface area contributed by atoms with Crippen molar-refractivity contribution in [2.45, 2.75) is 30.9 Å². The van der Waals surface area contributed by atoms with E-state index in [0.717, 1.165) is 10.9 Å². The number of nitrogens with two attached hydrogens (primary N) is 1. The highest BCUT2D eigenvalue weighted by atomic mass is 32.2. The summed E-state index contributed by atoms with van der Waals surface area (Å²) in [6.45, 7) is 6.73. The highest BCUT2D eigenvalue weighted by molar-refractivity contribution is 8.00. The van der Waals surface area contributed by atoms with E-state index in [1.807, 2.05) is 36.0 Å². The van der Waals surface area contributed by atoms with E-state index in [2.05, 4.69) is 32.9 Å². The molecule has 0 aliphatic carbocycles. The Labute approximate surface area is 118 Å². The molecule has 0 radical (unpaired) electrons. The van der Waals surface area contributed by atoms with Crippen molar-refractivity contribution in [1.82, 2.24) is 0 Å². The van der Waals surface area contributed by atoms with E-state index in [9.17, 15) is 0 Å². The molecule has 3 N–H and O–H groups in total. The third kappa shape index (κ3) is 2.92. The molecule has 19 heavy (non-hydrogen) atoms. The third-order valence-corrected chi connectivity index (χ3v) is 4.95. The molecule has 2 aromatic carbocycles. The number of fused-ring (bicyclic) bond motifs is 1. The monoisotopic (exact) mass is 272 g/mol. The summed E-state index contributed by atoms with van der Waals surface area (Å²) in [6, 6.07) is 12.2. The minimum atomic E-state index is 0.129. The lowest BCUT2D eigenvalue weighted by Gasteiger charge is -2.17. The van der Waals surface area contributed by atoms with Gasteiger partial charge in [-0.2, -0.15) is 0 Å². The lowest BCUT2D eigenvalue weighted by molar-refractivity contribution is 0.642. The molecule has 0 fully saturated rings. The van der Waals surface area contributed by atoms with Gasteiger partial charge in [0.1, 0.15) is 5.84 Å². The molecule has 1 atom stereocenters. The van der Waals surface area contributed by atoms with Gasteiger partial charge < -0.3 is 5.73 Å². The summed E-state index contributed by atoms with van der Waals surface area (Å²) >= 11 is 1.89. The maximum absolute atomic E-state index is 7.67. The molecule has 0 aliphatic heterocycles. The molecular weight excluding hydrogens is 252 g/mol. The van der Waals surface area contributed by atoms with Crippen LogP contribution in [-0.4, -0.2) is 11.1 Å². The van der Waals surface area contributed by atoms with Crippen LogP contribution in [-0.2, 0) is 0 Å². The molecule has 0 spiro atoms. The molecule has 0 aromatic heterocycles. The fraction of sp³-hybridized carbons (Fsp3) is 0.312. The lowest BCUT2D eigenvalue weighted by Crippen LogP contribution is -2.12. The van der Waals surface area contributed by atoms with Gasteiger partial charge in [-0.25, -0.2) is 0 Å². The Morgan fingerprint density at radius 1 is 1.05 bits per heavy atom. The predicted molar refractivity (Wildman–Crippen MR) is 85.1 cm³/mol. The molecule has 0 amide bonds. The van der Waals surface area contributed by atoms with Crippen molar-refractivity contribution >= 4 is 28.4 Å². The van der Waals surface area contributed by atoms with Crippen LogP contribution in [0.3, 0.4) is 0 Å². The van der Waals surface area contributed by atoms with Crippen molar-refractivity contribution in [3.05, 3.63) is 42.0 Å². The predicted octanol–water partition coefficient (Wildman–Crippen LogP) is 4.26. The van der Waals surface area contributed by atoms with Gasteiger partial charge in [-0.05, 0) is 28.8 Å². The van der Waals surface area contributed by atoms with Gasteiger partial charge in [0.25, 0.3) is 0 Å². The van der Waals surface area contributed by atoms with E-state index in [0.29, 0.717) is 11.2 Å². The van der Waals surface area contributed by atoms with Crippen molar-refractivity contribution in [3.63, 3.8) is 0 Å². The Hall–Kier alpha value is -1.48. The van der Waals surface area contributed by atoms with Crippen molar-refractivity contribution in [3.8, 4) is 0 Å². The third-order valence-electron chi connectivity index (χ3n) is 3.43. The molecule has 3 heteroatoms. The van der Waals surface area contributed by atoms with Crippen LogP contribution < -0.4 is 5.73 Å². The summed E-state index contributed by atoms with van der Waals surface area (Å²) in [5, 5.41) is 10.5. The van der Waals surface area contributed by atoms with Crippen molar-refractivity contribution in [2.24, 2.45) is 11.7 Å². The normalized spacial score (nSPS) is 12.8. The van der Waals surface area contributed by atoms with Gasteiger partial charge in [-0.15, -0.1) is 11.8 Å². The van der Waals surface area contributed by atoms with E-state index in [4.69, 9.17) is 11.1 Å². The summed E-state index contributed by atoms with van der Waals surface area (Å²) in [5.74, 6) is 0.765. The average Bonchev–Trinajstić information content (AvgIpc) is 2.38. The first kappa shape index (κ1) is 13.9. The number of hydrogen-bond acceptors (Lipinski definition) is 2. The molecular formula is C16H20N2S. The molecule has 100 valence electrons. The van der Waals surface area contributed by atoms with E-state index in [1.54, 1.807) is 0 Å². The maximum atomic E-state index is 7.67. The second-order valence-electron chi connectivity index (χ2n) is 5.14. The average molecular weight is 272 g/mol. The van der Waals surface area contributed by atoms with E-state index in [-0.39, 0.29) is 5.84 Å². The molecule has 2 nitrogen and oxygen atoms in total. The van der Waals surface area contributed by atoms with Crippen LogP contribution in [0.15, 0.2) is 41.3 Å². The summed E-state index contributed by atoms with van der Waals surface area (Å²) in [6.07, 6.45) is 0. The molecule has 2 rings (SSSR count).